The Labute approximate surface area is 123 Å². The number of imidazole rings is 2. The van der Waals surface area contributed by atoms with E-state index in [0.717, 1.165) is 33.2 Å². The standard InChI is InChI=1S/C14H10N4S2/c19-13-15-9-3-1-7(5-11(9)17-13)8-2-4-10-12(6-8)18-14(20)16-10/h1-6H,(H2,15,17,19)(H2,16,18,20). The van der Waals surface area contributed by atoms with Crippen LogP contribution >= 0.6 is 24.4 Å². The Balaban J connectivity index is 1.94. The van der Waals surface area contributed by atoms with Gasteiger partial charge in [-0.1, -0.05) is 12.1 Å². The summed E-state index contributed by atoms with van der Waals surface area (Å²) in [6.07, 6.45) is 0. The molecule has 0 aliphatic heterocycles. The highest BCUT2D eigenvalue weighted by atomic mass is 32.1. The lowest BCUT2D eigenvalue weighted by Crippen LogP contribution is -1.79. The summed E-state index contributed by atoms with van der Waals surface area (Å²) in [5, 5.41) is 0. The zero-order chi connectivity index (χ0) is 13.7. The van der Waals surface area contributed by atoms with Crippen LogP contribution in [0.1, 0.15) is 0 Å². The molecule has 0 unspecified atom stereocenters. The molecule has 0 fully saturated rings. The average molecular weight is 298 g/mol. The largest absolute Gasteiger partial charge is 0.331 e. The zero-order valence-corrected chi connectivity index (χ0v) is 11.9. The summed E-state index contributed by atoms with van der Waals surface area (Å²) < 4.78 is 1.28. The van der Waals surface area contributed by atoms with E-state index in [1.807, 2.05) is 12.1 Å². The molecule has 0 bridgehead atoms. The SMILES string of the molecule is S=c1[nH]c2ccc(-c3ccc4[nH]c(=S)[nH]c4c3)cc2[nH]1. The van der Waals surface area contributed by atoms with Gasteiger partial charge in [0.05, 0.1) is 22.1 Å². The van der Waals surface area contributed by atoms with E-state index in [0.29, 0.717) is 9.54 Å². The highest BCUT2D eigenvalue weighted by Crippen LogP contribution is 2.25. The van der Waals surface area contributed by atoms with Crippen molar-refractivity contribution in [2.24, 2.45) is 0 Å². The highest BCUT2D eigenvalue weighted by Gasteiger charge is 2.03. The topological polar surface area (TPSA) is 63.2 Å². The minimum Gasteiger partial charge on any atom is -0.331 e. The zero-order valence-electron chi connectivity index (χ0n) is 10.3. The van der Waals surface area contributed by atoms with Crippen LogP contribution in [0.2, 0.25) is 0 Å². The van der Waals surface area contributed by atoms with Gasteiger partial charge in [0.1, 0.15) is 0 Å². The van der Waals surface area contributed by atoms with Gasteiger partial charge < -0.3 is 19.9 Å². The van der Waals surface area contributed by atoms with E-state index in [1.54, 1.807) is 0 Å². The summed E-state index contributed by atoms with van der Waals surface area (Å²) in [4.78, 5) is 12.5. The number of aromatic nitrogens is 4. The minimum absolute atomic E-state index is 0.641. The van der Waals surface area contributed by atoms with E-state index in [1.165, 1.54) is 0 Å². The van der Waals surface area contributed by atoms with Crippen LogP contribution in [0.15, 0.2) is 36.4 Å². The summed E-state index contributed by atoms with van der Waals surface area (Å²) in [5.41, 5.74) is 6.31. The van der Waals surface area contributed by atoms with Crippen molar-refractivity contribution in [3.63, 3.8) is 0 Å². The number of rotatable bonds is 1. The number of benzene rings is 2. The van der Waals surface area contributed by atoms with Gasteiger partial charge in [0.2, 0.25) is 0 Å². The molecule has 0 saturated carbocycles. The molecular weight excluding hydrogens is 288 g/mol. The molecule has 2 aromatic heterocycles. The second-order valence-electron chi connectivity index (χ2n) is 4.68. The normalized spacial score (nSPS) is 11.4. The minimum atomic E-state index is 0.641. The van der Waals surface area contributed by atoms with Crippen molar-refractivity contribution in [2.75, 3.05) is 0 Å². The Bertz CT molecular complexity index is 962. The van der Waals surface area contributed by atoms with E-state index in [-0.39, 0.29) is 0 Å². The van der Waals surface area contributed by atoms with Crippen molar-refractivity contribution in [1.82, 2.24) is 19.9 Å². The lowest BCUT2D eigenvalue weighted by atomic mass is 10.0. The average Bonchev–Trinajstić information content (AvgIpc) is 2.97. The third-order valence-corrected chi connectivity index (χ3v) is 3.77. The molecule has 0 saturated heterocycles. The molecule has 4 N–H and O–H groups in total. The summed E-state index contributed by atoms with van der Waals surface area (Å²) in [6.45, 7) is 0. The lowest BCUT2D eigenvalue weighted by Gasteiger charge is -2.02. The third kappa shape index (κ3) is 1.81. The van der Waals surface area contributed by atoms with Crippen LogP contribution in [0.25, 0.3) is 33.2 Å². The summed E-state index contributed by atoms with van der Waals surface area (Å²) >= 11 is 10.2. The van der Waals surface area contributed by atoms with E-state index in [9.17, 15) is 0 Å². The number of hydrogen-bond acceptors (Lipinski definition) is 2. The van der Waals surface area contributed by atoms with Gasteiger partial charge in [0.15, 0.2) is 9.54 Å². The van der Waals surface area contributed by atoms with Crippen molar-refractivity contribution in [1.29, 1.82) is 0 Å². The van der Waals surface area contributed by atoms with E-state index in [4.69, 9.17) is 24.4 Å². The van der Waals surface area contributed by atoms with Crippen LogP contribution in [0.4, 0.5) is 0 Å². The van der Waals surface area contributed by atoms with Gasteiger partial charge in [0.25, 0.3) is 0 Å². The summed E-state index contributed by atoms with van der Waals surface area (Å²) in [7, 11) is 0. The molecule has 0 atom stereocenters. The van der Waals surface area contributed by atoms with E-state index in [2.05, 4.69) is 44.2 Å². The van der Waals surface area contributed by atoms with Crippen LogP contribution in [0, 0.1) is 9.54 Å². The Morgan fingerprint density at radius 1 is 0.550 bits per heavy atom. The maximum atomic E-state index is 5.11. The molecular formula is C14H10N4S2. The molecule has 4 rings (SSSR count). The molecule has 20 heavy (non-hydrogen) atoms. The smallest absolute Gasteiger partial charge is 0.175 e. The van der Waals surface area contributed by atoms with Gasteiger partial charge in [-0.3, -0.25) is 0 Å². The number of H-pyrrole nitrogens is 4. The molecule has 0 radical (unpaired) electrons. The first-order valence-corrected chi connectivity index (χ1v) is 6.95. The molecule has 4 aromatic rings. The fourth-order valence-corrected chi connectivity index (χ4v) is 2.86. The van der Waals surface area contributed by atoms with Gasteiger partial charge in [0, 0.05) is 0 Å². The number of fused-ring (bicyclic) bond motifs is 2. The van der Waals surface area contributed by atoms with Crippen molar-refractivity contribution >= 4 is 46.5 Å². The third-order valence-electron chi connectivity index (χ3n) is 3.37. The highest BCUT2D eigenvalue weighted by molar-refractivity contribution is 7.71. The van der Waals surface area contributed by atoms with Crippen LogP contribution < -0.4 is 0 Å². The van der Waals surface area contributed by atoms with E-state index >= 15 is 0 Å². The molecule has 6 heteroatoms. The van der Waals surface area contributed by atoms with Crippen molar-refractivity contribution in [2.45, 2.75) is 0 Å². The molecule has 0 amide bonds. The van der Waals surface area contributed by atoms with Crippen LogP contribution in [0.5, 0.6) is 0 Å². The fourth-order valence-electron chi connectivity index (χ4n) is 2.42. The van der Waals surface area contributed by atoms with Crippen LogP contribution in [0.3, 0.4) is 0 Å². The molecule has 98 valence electrons. The van der Waals surface area contributed by atoms with E-state index < -0.39 is 0 Å². The molecule has 0 aliphatic carbocycles. The van der Waals surface area contributed by atoms with Gasteiger partial charge in [-0.15, -0.1) is 0 Å². The van der Waals surface area contributed by atoms with Crippen LogP contribution in [-0.2, 0) is 0 Å². The first-order chi connectivity index (χ1) is 9.69. The number of hydrogen-bond donors (Lipinski definition) is 4. The van der Waals surface area contributed by atoms with Crippen LogP contribution in [-0.4, -0.2) is 19.9 Å². The number of nitrogens with one attached hydrogen (secondary N) is 4. The Morgan fingerprint density at radius 2 is 0.950 bits per heavy atom. The maximum absolute atomic E-state index is 5.11. The predicted molar refractivity (Wildman–Crippen MR) is 86.0 cm³/mol. The van der Waals surface area contributed by atoms with Crippen molar-refractivity contribution in [3.05, 3.63) is 45.9 Å². The van der Waals surface area contributed by atoms with Gasteiger partial charge >= 0.3 is 0 Å². The molecule has 4 nitrogen and oxygen atoms in total. The number of aromatic amines is 4. The summed E-state index contributed by atoms with van der Waals surface area (Å²) in [5.74, 6) is 0. The fraction of sp³-hybridized carbons (Fsp3) is 0. The Kier molecular flexibility index (Phi) is 2.42. The molecule has 0 aliphatic rings. The second-order valence-corrected chi connectivity index (χ2v) is 5.50. The summed E-state index contributed by atoms with van der Waals surface area (Å²) in [6, 6.07) is 12.4. The van der Waals surface area contributed by atoms with Gasteiger partial charge in [-0.05, 0) is 59.8 Å². The first kappa shape index (κ1) is 11.6. The first-order valence-electron chi connectivity index (χ1n) is 6.13. The monoisotopic (exact) mass is 298 g/mol. The quantitative estimate of drug-likeness (QED) is 0.393. The Morgan fingerprint density at radius 3 is 1.40 bits per heavy atom. The van der Waals surface area contributed by atoms with Gasteiger partial charge in [-0.2, -0.15) is 0 Å². The van der Waals surface area contributed by atoms with Gasteiger partial charge in [-0.25, -0.2) is 0 Å². The Hall–Kier alpha value is -2.18. The second kappa shape index (κ2) is 4.16. The maximum Gasteiger partial charge on any atom is 0.175 e. The van der Waals surface area contributed by atoms with Crippen molar-refractivity contribution < 1.29 is 0 Å². The molecule has 0 spiro atoms. The lowest BCUT2D eigenvalue weighted by molar-refractivity contribution is 1.30. The van der Waals surface area contributed by atoms with Crippen molar-refractivity contribution in [3.8, 4) is 11.1 Å². The molecule has 2 aromatic carbocycles. The predicted octanol–water partition coefficient (Wildman–Crippen LogP) is 4.43. The molecule has 2 heterocycles.